The highest BCUT2D eigenvalue weighted by Gasteiger charge is 2.31. The lowest BCUT2D eigenvalue weighted by atomic mass is 10.0. The summed E-state index contributed by atoms with van der Waals surface area (Å²) in [5.41, 5.74) is 1.03. The molecule has 2 heterocycles. The van der Waals surface area contributed by atoms with E-state index < -0.39 is 0 Å². The van der Waals surface area contributed by atoms with Gasteiger partial charge in [0.2, 0.25) is 5.91 Å². The van der Waals surface area contributed by atoms with E-state index in [9.17, 15) is 4.79 Å². The van der Waals surface area contributed by atoms with Gasteiger partial charge in [-0.05, 0) is 44.6 Å². The van der Waals surface area contributed by atoms with Crippen LogP contribution in [0.5, 0.6) is 0 Å². The number of nitrogens with one attached hydrogen (secondary N) is 1. The fourth-order valence-electron chi connectivity index (χ4n) is 3.38. The van der Waals surface area contributed by atoms with Crippen LogP contribution in [0.15, 0.2) is 24.3 Å². The highest BCUT2D eigenvalue weighted by molar-refractivity contribution is 6.31. The van der Waals surface area contributed by atoms with E-state index in [1.165, 1.54) is 12.8 Å². The van der Waals surface area contributed by atoms with E-state index >= 15 is 0 Å². The van der Waals surface area contributed by atoms with E-state index in [4.69, 9.17) is 11.6 Å². The molecule has 0 bridgehead atoms. The Morgan fingerprint density at radius 3 is 2.68 bits per heavy atom. The number of amides is 1. The molecule has 3 rings (SSSR count). The van der Waals surface area contributed by atoms with Crippen LogP contribution in [0.25, 0.3) is 0 Å². The zero-order valence-electron chi connectivity index (χ0n) is 13.1. The van der Waals surface area contributed by atoms with Crippen LogP contribution in [-0.4, -0.2) is 54.5 Å². The molecule has 0 spiro atoms. The number of hydrogen-bond acceptors (Lipinski definition) is 3. The van der Waals surface area contributed by atoms with Gasteiger partial charge < -0.3 is 15.1 Å². The Balaban J connectivity index is 1.53. The third-order valence-corrected chi connectivity index (χ3v) is 5.09. The summed E-state index contributed by atoms with van der Waals surface area (Å²) in [6, 6.07) is 8.59. The first-order valence-electron chi connectivity index (χ1n) is 8.07. The monoisotopic (exact) mass is 321 g/mol. The Labute approximate surface area is 137 Å². The average Bonchev–Trinajstić information content (AvgIpc) is 2.84. The summed E-state index contributed by atoms with van der Waals surface area (Å²) in [5.74, 6) is 0.227. The number of likely N-dealkylation sites (tertiary alicyclic amines) is 2. The van der Waals surface area contributed by atoms with Gasteiger partial charge in [-0.2, -0.15) is 0 Å². The summed E-state index contributed by atoms with van der Waals surface area (Å²) in [7, 11) is 2.17. The molecule has 5 heteroatoms. The fraction of sp³-hybridized carbons (Fsp3) is 0.588. The molecule has 1 N–H and O–H groups in total. The number of halogens is 1. The first-order valence-corrected chi connectivity index (χ1v) is 8.45. The molecule has 2 aliphatic heterocycles. The van der Waals surface area contributed by atoms with Gasteiger partial charge in [-0.15, -0.1) is 0 Å². The van der Waals surface area contributed by atoms with Crippen LogP contribution in [0, 0.1) is 0 Å². The molecule has 2 saturated heterocycles. The molecule has 0 saturated carbocycles. The molecular weight excluding hydrogens is 298 g/mol. The second-order valence-corrected chi connectivity index (χ2v) is 6.92. The van der Waals surface area contributed by atoms with Gasteiger partial charge in [0.1, 0.15) is 0 Å². The van der Waals surface area contributed by atoms with E-state index in [1.807, 2.05) is 29.2 Å². The van der Waals surface area contributed by atoms with Crippen molar-refractivity contribution in [2.45, 2.75) is 37.9 Å². The maximum atomic E-state index is 12.2. The molecule has 2 fully saturated rings. The number of carbonyl (C=O) groups excluding carboxylic acids is 1. The summed E-state index contributed by atoms with van der Waals surface area (Å²) < 4.78 is 0. The molecule has 4 nitrogen and oxygen atoms in total. The van der Waals surface area contributed by atoms with Crippen molar-refractivity contribution < 1.29 is 4.79 Å². The predicted molar refractivity (Wildman–Crippen MR) is 88.9 cm³/mol. The lowest BCUT2D eigenvalue weighted by molar-refractivity contribution is -0.128. The highest BCUT2D eigenvalue weighted by Crippen LogP contribution is 2.21. The van der Waals surface area contributed by atoms with E-state index in [0.717, 1.165) is 30.2 Å². The van der Waals surface area contributed by atoms with Crippen molar-refractivity contribution in [3.8, 4) is 0 Å². The molecule has 0 radical (unpaired) electrons. The number of nitrogens with zero attached hydrogens (tertiary/aromatic N) is 2. The Kier molecular flexibility index (Phi) is 5.01. The predicted octanol–water partition coefficient (Wildman–Crippen LogP) is 2.12. The van der Waals surface area contributed by atoms with Gasteiger partial charge in [-0.3, -0.25) is 4.79 Å². The molecule has 1 aromatic rings. The quantitative estimate of drug-likeness (QED) is 0.922. The summed E-state index contributed by atoms with van der Waals surface area (Å²) in [6.07, 6.45) is 2.95. The van der Waals surface area contributed by atoms with E-state index in [-0.39, 0.29) is 11.9 Å². The van der Waals surface area contributed by atoms with Gasteiger partial charge in [0.05, 0.1) is 0 Å². The molecule has 1 amide bonds. The standard InChI is InChI=1S/C17H24ClN3O/c1-20-8-6-14(7-9-20)19-15-10-17(22)21(12-15)11-13-4-2-3-5-16(13)18/h2-5,14-15,19H,6-12H2,1H3/t15-/m1/s1. The van der Waals surface area contributed by atoms with Gasteiger partial charge in [0.25, 0.3) is 0 Å². The van der Waals surface area contributed by atoms with Crippen molar-refractivity contribution in [3.63, 3.8) is 0 Å². The average molecular weight is 322 g/mol. The van der Waals surface area contributed by atoms with E-state index in [2.05, 4.69) is 17.3 Å². The van der Waals surface area contributed by atoms with Crippen molar-refractivity contribution in [3.05, 3.63) is 34.9 Å². The van der Waals surface area contributed by atoms with Crippen molar-refractivity contribution in [1.82, 2.24) is 15.1 Å². The second kappa shape index (κ2) is 6.99. The Bertz CT molecular complexity index is 528. The molecule has 22 heavy (non-hydrogen) atoms. The van der Waals surface area contributed by atoms with Crippen LogP contribution in [0.3, 0.4) is 0 Å². The van der Waals surface area contributed by atoms with Crippen molar-refractivity contribution >= 4 is 17.5 Å². The van der Waals surface area contributed by atoms with Crippen LogP contribution in [0.1, 0.15) is 24.8 Å². The Hall–Kier alpha value is -1.10. The summed E-state index contributed by atoms with van der Waals surface area (Å²) in [5, 5.41) is 4.41. The van der Waals surface area contributed by atoms with Crippen LogP contribution >= 0.6 is 11.6 Å². The van der Waals surface area contributed by atoms with Crippen LogP contribution in [-0.2, 0) is 11.3 Å². The zero-order valence-corrected chi connectivity index (χ0v) is 13.9. The van der Waals surface area contributed by atoms with Gasteiger partial charge in [0.15, 0.2) is 0 Å². The third-order valence-electron chi connectivity index (χ3n) is 4.72. The normalized spacial score (nSPS) is 24.2. The maximum Gasteiger partial charge on any atom is 0.224 e. The minimum Gasteiger partial charge on any atom is -0.337 e. The smallest absolute Gasteiger partial charge is 0.224 e. The van der Waals surface area contributed by atoms with E-state index in [1.54, 1.807) is 0 Å². The van der Waals surface area contributed by atoms with E-state index in [0.29, 0.717) is 19.0 Å². The lowest BCUT2D eigenvalue weighted by Crippen LogP contribution is -2.46. The molecular formula is C17H24ClN3O. The topological polar surface area (TPSA) is 35.6 Å². The molecule has 1 atom stereocenters. The maximum absolute atomic E-state index is 12.2. The van der Waals surface area contributed by atoms with Crippen molar-refractivity contribution in [2.75, 3.05) is 26.7 Å². The lowest BCUT2D eigenvalue weighted by Gasteiger charge is -2.31. The van der Waals surface area contributed by atoms with Gasteiger partial charge in [0, 0.05) is 36.6 Å². The minimum atomic E-state index is 0.227. The number of benzene rings is 1. The molecule has 0 aromatic heterocycles. The summed E-state index contributed by atoms with van der Waals surface area (Å²) in [4.78, 5) is 16.5. The van der Waals surface area contributed by atoms with Crippen LogP contribution in [0.2, 0.25) is 5.02 Å². The number of rotatable bonds is 4. The third kappa shape index (κ3) is 3.80. The molecule has 120 valence electrons. The number of hydrogen-bond donors (Lipinski definition) is 1. The molecule has 0 aliphatic carbocycles. The zero-order chi connectivity index (χ0) is 15.5. The number of carbonyl (C=O) groups is 1. The first-order chi connectivity index (χ1) is 10.6. The summed E-state index contributed by atoms with van der Waals surface area (Å²) >= 11 is 6.20. The fourth-order valence-corrected chi connectivity index (χ4v) is 3.57. The van der Waals surface area contributed by atoms with Gasteiger partial charge in [-0.1, -0.05) is 29.8 Å². The Morgan fingerprint density at radius 1 is 1.23 bits per heavy atom. The van der Waals surface area contributed by atoms with Crippen LogP contribution in [0.4, 0.5) is 0 Å². The van der Waals surface area contributed by atoms with Gasteiger partial charge in [-0.25, -0.2) is 0 Å². The highest BCUT2D eigenvalue weighted by atomic mass is 35.5. The van der Waals surface area contributed by atoms with Gasteiger partial charge >= 0.3 is 0 Å². The SMILES string of the molecule is CN1CCC(N[C@@H]2CC(=O)N(Cc3ccccc3Cl)C2)CC1. The largest absolute Gasteiger partial charge is 0.337 e. The first kappa shape index (κ1) is 15.8. The minimum absolute atomic E-state index is 0.227. The Morgan fingerprint density at radius 2 is 1.95 bits per heavy atom. The molecule has 1 aromatic carbocycles. The van der Waals surface area contributed by atoms with Crippen molar-refractivity contribution in [1.29, 1.82) is 0 Å². The molecule has 0 unspecified atom stereocenters. The van der Waals surface area contributed by atoms with Crippen molar-refractivity contribution in [2.24, 2.45) is 0 Å². The second-order valence-electron chi connectivity index (χ2n) is 6.51. The molecule has 2 aliphatic rings. The number of piperidine rings is 1. The summed E-state index contributed by atoms with van der Waals surface area (Å²) in [6.45, 7) is 3.68. The van der Waals surface area contributed by atoms with Crippen LogP contribution < -0.4 is 5.32 Å².